The summed E-state index contributed by atoms with van der Waals surface area (Å²) in [6.07, 6.45) is 0.463. The molecule has 1 N–H and O–H groups in total. The van der Waals surface area contributed by atoms with Crippen LogP contribution in [0.25, 0.3) is 0 Å². The van der Waals surface area contributed by atoms with Gasteiger partial charge in [0, 0.05) is 19.7 Å². The van der Waals surface area contributed by atoms with Crippen LogP contribution in [-0.4, -0.2) is 35.7 Å². The molecule has 6 nitrogen and oxygen atoms in total. The van der Waals surface area contributed by atoms with Gasteiger partial charge in [-0.25, -0.2) is 5.48 Å². The third-order valence-corrected chi connectivity index (χ3v) is 3.56. The zero-order valence-corrected chi connectivity index (χ0v) is 15.1. The molecule has 0 bridgehead atoms. The molecule has 23 heavy (non-hydrogen) atoms. The minimum Gasteiger partial charge on any atom is -0.373 e. The zero-order chi connectivity index (χ0) is 17.6. The van der Waals surface area contributed by atoms with Gasteiger partial charge >= 0.3 is 0 Å². The number of pyridine rings is 1. The Morgan fingerprint density at radius 3 is 2.57 bits per heavy atom. The van der Waals surface area contributed by atoms with E-state index in [0.717, 1.165) is 0 Å². The first kappa shape index (κ1) is 19.8. The second-order valence-electron chi connectivity index (χ2n) is 6.24. The first-order valence-corrected chi connectivity index (χ1v) is 7.89. The van der Waals surface area contributed by atoms with Gasteiger partial charge in [0.2, 0.25) is 0 Å². The SMILES string of the molecule is CC(=O)c1c(CCNOCCOC(C)(C)C)cc(=O)n(C)c1Cl. The maximum Gasteiger partial charge on any atom is 0.251 e. The first-order valence-electron chi connectivity index (χ1n) is 7.51. The number of ketones is 1. The van der Waals surface area contributed by atoms with Crippen LogP contribution in [0, 0.1) is 0 Å². The monoisotopic (exact) mass is 344 g/mol. The molecule has 1 rings (SSSR count). The predicted molar refractivity (Wildman–Crippen MR) is 90.1 cm³/mol. The highest BCUT2D eigenvalue weighted by Gasteiger charge is 2.15. The first-order chi connectivity index (χ1) is 10.6. The molecule has 7 heteroatoms. The van der Waals surface area contributed by atoms with Gasteiger partial charge in [-0.15, -0.1) is 0 Å². The van der Waals surface area contributed by atoms with Crippen LogP contribution in [0.2, 0.25) is 5.15 Å². The summed E-state index contributed by atoms with van der Waals surface area (Å²) in [6.45, 7) is 8.71. The van der Waals surface area contributed by atoms with E-state index in [1.54, 1.807) is 0 Å². The highest BCUT2D eigenvalue weighted by molar-refractivity contribution is 6.33. The summed E-state index contributed by atoms with van der Waals surface area (Å²) >= 11 is 6.10. The zero-order valence-electron chi connectivity index (χ0n) is 14.4. The standard InChI is InChI=1S/C16H25ClN2O4/c1-11(20)14-12(10-13(21)19(5)15(14)17)6-7-18-23-9-8-22-16(2,3)4/h10,18H,6-9H2,1-5H3. The summed E-state index contributed by atoms with van der Waals surface area (Å²) in [5.74, 6) is -0.167. The van der Waals surface area contributed by atoms with Crippen LogP contribution in [0.1, 0.15) is 43.6 Å². The van der Waals surface area contributed by atoms with Crippen LogP contribution in [-0.2, 0) is 23.0 Å². The Morgan fingerprint density at radius 2 is 2.00 bits per heavy atom. The number of carbonyl (C=O) groups is 1. The Morgan fingerprint density at radius 1 is 1.35 bits per heavy atom. The Bertz CT molecular complexity index is 605. The smallest absolute Gasteiger partial charge is 0.251 e. The summed E-state index contributed by atoms with van der Waals surface area (Å²) in [7, 11) is 1.54. The van der Waals surface area contributed by atoms with Crippen LogP contribution in [0.4, 0.5) is 0 Å². The van der Waals surface area contributed by atoms with Crippen molar-refractivity contribution in [1.29, 1.82) is 0 Å². The summed E-state index contributed by atoms with van der Waals surface area (Å²) < 4.78 is 6.78. The number of rotatable bonds is 8. The van der Waals surface area contributed by atoms with Gasteiger partial charge in [-0.1, -0.05) is 11.6 Å². The topological polar surface area (TPSA) is 69.6 Å². The number of Topliss-reactive ketones (excluding diaryl/α,β-unsaturated/α-hetero) is 1. The largest absolute Gasteiger partial charge is 0.373 e. The van der Waals surface area contributed by atoms with Gasteiger partial charge < -0.3 is 9.30 Å². The van der Waals surface area contributed by atoms with Gasteiger partial charge in [0.1, 0.15) is 5.15 Å². The number of ether oxygens (including phenoxy) is 1. The molecular weight excluding hydrogens is 320 g/mol. The number of hydrogen-bond donors (Lipinski definition) is 1. The van der Waals surface area contributed by atoms with Crippen molar-refractivity contribution in [3.63, 3.8) is 0 Å². The fourth-order valence-corrected chi connectivity index (χ4v) is 2.34. The van der Waals surface area contributed by atoms with E-state index in [1.807, 2.05) is 20.8 Å². The third kappa shape index (κ3) is 6.43. The molecule has 0 aliphatic rings. The van der Waals surface area contributed by atoms with Gasteiger partial charge in [-0.3, -0.25) is 14.4 Å². The molecule has 0 amide bonds. The van der Waals surface area contributed by atoms with Gasteiger partial charge in [-0.05, 0) is 39.7 Å². The Balaban J connectivity index is 2.53. The lowest BCUT2D eigenvalue weighted by Crippen LogP contribution is -2.26. The average molecular weight is 345 g/mol. The van der Waals surface area contributed by atoms with Crippen LogP contribution < -0.4 is 11.0 Å². The van der Waals surface area contributed by atoms with Crippen molar-refractivity contribution < 1.29 is 14.4 Å². The molecule has 0 radical (unpaired) electrons. The molecule has 0 aromatic carbocycles. The highest BCUT2D eigenvalue weighted by atomic mass is 35.5. The number of halogens is 1. The van der Waals surface area contributed by atoms with Gasteiger partial charge in [-0.2, -0.15) is 0 Å². The van der Waals surface area contributed by atoms with Gasteiger partial charge in [0.05, 0.1) is 24.4 Å². The minimum absolute atomic E-state index is 0.166. The van der Waals surface area contributed by atoms with E-state index in [9.17, 15) is 9.59 Å². The summed E-state index contributed by atoms with van der Waals surface area (Å²) in [5, 5.41) is 0.166. The van der Waals surface area contributed by atoms with Crippen molar-refractivity contribution >= 4 is 17.4 Å². The fourth-order valence-electron chi connectivity index (χ4n) is 2.00. The van der Waals surface area contributed by atoms with E-state index in [2.05, 4.69) is 5.48 Å². The lowest BCUT2D eigenvalue weighted by atomic mass is 10.0. The molecule has 0 spiro atoms. The lowest BCUT2D eigenvalue weighted by molar-refractivity contribution is -0.0562. The van der Waals surface area contributed by atoms with E-state index in [4.69, 9.17) is 21.2 Å². The quantitative estimate of drug-likeness (QED) is 0.338. The molecule has 0 unspecified atom stereocenters. The van der Waals surface area contributed by atoms with Crippen molar-refractivity contribution in [2.75, 3.05) is 19.8 Å². The van der Waals surface area contributed by atoms with Crippen LogP contribution in [0.3, 0.4) is 0 Å². The Labute approximate surface area is 141 Å². The predicted octanol–water partition coefficient (Wildman–Crippen LogP) is 2.12. The van der Waals surface area contributed by atoms with E-state index in [1.165, 1.54) is 24.6 Å². The number of nitrogens with zero attached hydrogens (tertiary/aromatic N) is 1. The highest BCUT2D eigenvalue weighted by Crippen LogP contribution is 2.18. The fraction of sp³-hybridized carbons (Fsp3) is 0.625. The molecule has 0 saturated carbocycles. The van der Waals surface area contributed by atoms with Crippen molar-refractivity contribution in [1.82, 2.24) is 10.0 Å². The number of hydrogen-bond acceptors (Lipinski definition) is 5. The van der Waals surface area contributed by atoms with Crippen molar-refractivity contribution in [3.05, 3.63) is 32.7 Å². The number of hydroxylamine groups is 1. The Hall–Kier alpha value is -1.21. The summed E-state index contributed by atoms with van der Waals surface area (Å²) in [5.41, 5.74) is 3.36. The third-order valence-electron chi connectivity index (χ3n) is 3.12. The molecule has 0 atom stereocenters. The number of aromatic nitrogens is 1. The van der Waals surface area contributed by atoms with Crippen LogP contribution in [0.5, 0.6) is 0 Å². The van der Waals surface area contributed by atoms with E-state index < -0.39 is 0 Å². The second kappa shape index (κ2) is 8.59. The van der Waals surface area contributed by atoms with E-state index >= 15 is 0 Å². The molecule has 1 aromatic rings. The average Bonchev–Trinajstić information content (AvgIpc) is 2.42. The number of carbonyl (C=O) groups excluding carboxylic acids is 1. The molecule has 0 aliphatic heterocycles. The normalized spacial score (nSPS) is 11.7. The van der Waals surface area contributed by atoms with E-state index in [-0.39, 0.29) is 22.1 Å². The molecule has 0 saturated heterocycles. The molecule has 1 heterocycles. The van der Waals surface area contributed by atoms with Crippen LogP contribution >= 0.6 is 11.6 Å². The molecule has 130 valence electrons. The number of nitrogens with one attached hydrogen (secondary N) is 1. The van der Waals surface area contributed by atoms with Crippen molar-refractivity contribution in [3.8, 4) is 0 Å². The molecule has 0 fully saturated rings. The van der Waals surface area contributed by atoms with Crippen molar-refractivity contribution in [2.24, 2.45) is 7.05 Å². The summed E-state index contributed by atoms with van der Waals surface area (Å²) in [6, 6.07) is 1.44. The molecular formula is C16H25ClN2O4. The minimum atomic E-state index is -0.241. The van der Waals surface area contributed by atoms with Crippen molar-refractivity contribution in [2.45, 2.75) is 39.7 Å². The second-order valence-corrected chi connectivity index (χ2v) is 6.60. The maximum absolute atomic E-state index is 11.8. The van der Waals surface area contributed by atoms with Crippen LogP contribution in [0.15, 0.2) is 10.9 Å². The molecule has 0 aliphatic carbocycles. The lowest BCUT2D eigenvalue weighted by Gasteiger charge is -2.19. The summed E-state index contributed by atoms with van der Waals surface area (Å²) in [4.78, 5) is 28.8. The Kier molecular flexibility index (Phi) is 7.41. The van der Waals surface area contributed by atoms with E-state index in [0.29, 0.717) is 37.3 Å². The van der Waals surface area contributed by atoms with Gasteiger partial charge in [0.15, 0.2) is 5.78 Å². The van der Waals surface area contributed by atoms with Gasteiger partial charge in [0.25, 0.3) is 5.56 Å². The maximum atomic E-state index is 11.8. The molecule has 1 aromatic heterocycles.